The summed E-state index contributed by atoms with van der Waals surface area (Å²) in [5, 5.41) is 9.91. The number of hydrogen-bond acceptors (Lipinski definition) is 4. The zero-order valence-electron chi connectivity index (χ0n) is 14.7. The number of amides is 1. The van der Waals surface area contributed by atoms with Gasteiger partial charge >= 0.3 is 12.1 Å². The highest BCUT2D eigenvalue weighted by molar-refractivity contribution is 5.86. The van der Waals surface area contributed by atoms with Crippen LogP contribution in [0.3, 0.4) is 0 Å². The van der Waals surface area contributed by atoms with Crippen LogP contribution in [0.5, 0.6) is 0 Å². The molecule has 1 fully saturated rings. The fourth-order valence-electron chi connectivity index (χ4n) is 3.14. The number of aliphatic carboxylic acids is 1. The first-order chi connectivity index (χ1) is 9.85. The lowest BCUT2D eigenvalue weighted by molar-refractivity contribution is -0.156. The van der Waals surface area contributed by atoms with Crippen LogP contribution >= 0.6 is 0 Å². The molecule has 1 rings (SSSR count). The Morgan fingerprint density at radius 3 is 2.14 bits per heavy atom. The molecule has 0 saturated carbocycles. The van der Waals surface area contributed by atoms with Crippen molar-refractivity contribution in [2.45, 2.75) is 59.1 Å². The molecule has 1 saturated heterocycles. The highest BCUT2D eigenvalue weighted by Gasteiger charge is 2.60. The van der Waals surface area contributed by atoms with Gasteiger partial charge in [0.15, 0.2) is 0 Å². The molecule has 1 N–H and O–H groups in total. The van der Waals surface area contributed by atoms with E-state index in [0.29, 0.717) is 19.6 Å². The Bertz CT molecular complexity index is 435. The van der Waals surface area contributed by atoms with Gasteiger partial charge in [0.1, 0.15) is 11.1 Å². The molecule has 6 heteroatoms. The van der Waals surface area contributed by atoms with Gasteiger partial charge in [0.25, 0.3) is 0 Å². The van der Waals surface area contributed by atoms with Crippen LogP contribution in [-0.2, 0) is 14.3 Å². The third-order valence-electron chi connectivity index (χ3n) is 4.10. The lowest BCUT2D eigenvalue weighted by Crippen LogP contribution is -2.61. The largest absolute Gasteiger partial charge is 0.479 e. The van der Waals surface area contributed by atoms with E-state index in [-0.39, 0.29) is 5.92 Å². The van der Waals surface area contributed by atoms with Crippen LogP contribution in [0.4, 0.5) is 4.79 Å². The van der Waals surface area contributed by atoms with Gasteiger partial charge < -0.3 is 14.6 Å². The summed E-state index contributed by atoms with van der Waals surface area (Å²) in [6.45, 7) is 11.6. The van der Waals surface area contributed by atoms with E-state index in [4.69, 9.17) is 9.47 Å². The monoisotopic (exact) mass is 315 g/mol. The van der Waals surface area contributed by atoms with E-state index in [2.05, 4.69) is 0 Å². The van der Waals surface area contributed by atoms with E-state index in [1.807, 2.05) is 20.8 Å². The van der Waals surface area contributed by atoms with Gasteiger partial charge in [-0.05, 0) is 32.6 Å². The standard InChI is InChI=1S/C16H29NO5/c1-14(2,3)16(12(18)19)8-11(10-21-7)9-17(16)13(20)22-15(4,5)6/h11H,8-10H2,1-7H3,(H,18,19)/t11-,16+/m0/s1. The summed E-state index contributed by atoms with van der Waals surface area (Å²) in [7, 11) is 1.58. The number of nitrogens with zero attached hydrogens (tertiary/aromatic N) is 1. The Labute approximate surface area is 132 Å². The molecule has 0 radical (unpaired) electrons. The zero-order valence-corrected chi connectivity index (χ0v) is 14.7. The molecule has 1 heterocycles. The van der Waals surface area contributed by atoms with Crippen molar-refractivity contribution in [1.82, 2.24) is 4.90 Å². The lowest BCUT2D eigenvalue weighted by atomic mass is 9.71. The zero-order chi connectivity index (χ0) is 17.3. The molecule has 22 heavy (non-hydrogen) atoms. The normalized spacial score (nSPS) is 26.1. The molecular weight excluding hydrogens is 286 g/mol. The van der Waals surface area contributed by atoms with Crippen LogP contribution in [0.25, 0.3) is 0 Å². The maximum absolute atomic E-state index is 12.6. The molecule has 1 aliphatic rings. The lowest BCUT2D eigenvalue weighted by Gasteiger charge is -2.44. The number of rotatable bonds is 3. The van der Waals surface area contributed by atoms with Crippen molar-refractivity contribution in [3.63, 3.8) is 0 Å². The van der Waals surface area contributed by atoms with Gasteiger partial charge in [-0.15, -0.1) is 0 Å². The average molecular weight is 315 g/mol. The second-order valence-electron chi connectivity index (χ2n) is 8.03. The molecule has 0 aromatic heterocycles. The van der Waals surface area contributed by atoms with E-state index in [1.54, 1.807) is 27.9 Å². The summed E-state index contributed by atoms with van der Waals surface area (Å²) in [4.78, 5) is 26.1. The first-order valence-corrected chi connectivity index (χ1v) is 7.58. The van der Waals surface area contributed by atoms with Gasteiger partial charge in [-0.25, -0.2) is 9.59 Å². The van der Waals surface area contributed by atoms with Crippen LogP contribution in [0.15, 0.2) is 0 Å². The molecular formula is C16H29NO5. The highest BCUT2D eigenvalue weighted by Crippen LogP contribution is 2.46. The Hall–Kier alpha value is -1.30. The molecule has 0 bridgehead atoms. The number of hydrogen-bond donors (Lipinski definition) is 1. The summed E-state index contributed by atoms with van der Waals surface area (Å²) in [6.07, 6.45) is -0.220. The van der Waals surface area contributed by atoms with Gasteiger partial charge in [-0.2, -0.15) is 0 Å². The van der Waals surface area contributed by atoms with Gasteiger partial charge in [0, 0.05) is 19.6 Å². The number of methoxy groups -OCH3 is 1. The third-order valence-corrected chi connectivity index (χ3v) is 4.10. The predicted octanol–water partition coefficient (Wildman–Crippen LogP) is 2.76. The molecule has 2 atom stereocenters. The van der Waals surface area contributed by atoms with Gasteiger partial charge in [-0.3, -0.25) is 4.90 Å². The molecule has 0 spiro atoms. The van der Waals surface area contributed by atoms with Crippen molar-refractivity contribution in [3.8, 4) is 0 Å². The Morgan fingerprint density at radius 2 is 1.77 bits per heavy atom. The molecule has 1 aliphatic heterocycles. The van der Waals surface area contributed by atoms with Gasteiger partial charge in [0.2, 0.25) is 0 Å². The number of carbonyl (C=O) groups excluding carboxylic acids is 1. The number of ether oxygens (including phenoxy) is 2. The smallest absolute Gasteiger partial charge is 0.411 e. The molecule has 0 aromatic rings. The van der Waals surface area contributed by atoms with Crippen LogP contribution in [0.2, 0.25) is 0 Å². The van der Waals surface area contributed by atoms with E-state index in [9.17, 15) is 14.7 Å². The van der Waals surface area contributed by atoms with E-state index < -0.39 is 28.6 Å². The fourth-order valence-corrected chi connectivity index (χ4v) is 3.14. The van der Waals surface area contributed by atoms with Crippen molar-refractivity contribution in [1.29, 1.82) is 0 Å². The van der Waals surface area contributed by atoms with Crippen LogP contribution < -0.4 is 0 Å². The maximum Gasteiger partial charge on any atom is 0.411 e. The minimum Gasteiger partial charge on any atom is -0.479 e. The first-order valence-electron chi connectivity index (χ1n) is 7.58. The predicted molar refractivity (Wildman–Crippen MR) is 82.7 cm³/mol. The molecule has 0 unspecified atom stereocenters. The van der Waals surface area contributed by atoms with Crippen LogP contribution in [-0.4, -0.2) is 53.5 Å². The van der Waals surface area contributed by atoms with Crippen LogP contribution in [0, 0.1) is 11.3 Å². The fraction of sp³-hybridized carbons (Fsp3) is 0.875. The average Bonchev–Trinajstić information content (AvgIpc) is 2.67. The summed E-state index contributed by atoms with van der Waals surface area (Å²) in [5.74, 6) is -1.02. The second kappa shape index (κ2) is 6.07. The van der Waals surface area contributed by atoms with Crippen molar-refractivity contribution >= 4 is 12.1 Å². The molecule has 6 nitrogen and oxygen atoms in total. The van der Waals surface area contributed by atoms with E-state index in [0.717, 1.165) is 0 Å². The maximum atomic E-state index is 12.6. The van der Waals surface area contributed by atoms with E-state index in [1.165, 1.54) is 4.90 Å². The number of likely N-dealkylation sites (tertiary alicyclic amines) is 1. The minimum absolute atomic E-state index is 0.0205. The molecule has 0 aliphatic carbocycles. The van der Waals surface area contributed by atoms with Gasteiger partial charge in [-0.1, -0.05) is 20.8 Å². The van der Waals surface area contributed by atoms with Crippen LogP contribution in [0.1, 0.15) is 48.0 Å². The Balaban J connectivity index is 3.23. The minimum atomic E-state index is -1.29. The van der Waals surface area contributed by atoms with E-state index >= 15 is 0 Å². The van der Waals surface area contributed by atoms with Crippen molar-refractivity contribution in [2.75, 3.05) is 20.3 Å². The number of carboxylic acids is 1. The molecule has 1 amide bonds. The Kier molecular flexibility index (Phi) is 5.17. The molecule has 128 valence electrons. The van der Waals surface area contributed by atoms with Crippen molar-refractivity contribution in [2.24, 2.45) is 11.3 Å². The van der Waals surface area contributed by atoms with Crippen molar-refractivity contribution < 1.29 is 24.2 Å². The number of carbonyl (C=O) groups is 2. The summed E-state index contributed by atoms with van der Waals surface area (Å²) >= 11 is 0. The summed E-state index contributed by atoms with van der Waals surface area (Å²) in [5.41, 5.74) is -2.59. The summed E-state index contributed by atoms with van der Waals surface area (Å²) < 4.78 is 10.6. The topological polar surface area (TPSA) is 76.1 Å². The van der Waals surface area contributed by atoms with Crippen molar-refractivity contribution in [3.05, 3.63) is 0 Å². The first kappa shape index (κ1) is 18.7. The Morgan fingerprint density at radius 1 is 1.23 bits per heavy atom. The second-order valence-corrected chi connectivity index (χ2v) is 8.03. The number of carboxylic acid groups (broad SMARTS) is 1. The summed E-state index contributed by atoms with van der Waals surface area (Å²) in [6, 6.07) is 0. The quantitative estimate of drug-likeness (QED) is 0.866. The SMILES string of the molecule is COC[C@@H]1CN(C(=O)OC(C)(C)C)[C@](C(=O)O)(C(C)(C)C)C1. The van der Waals surface area contributed by atoms with Gasteiger partial charge in [0.05, 0.1) is 6.61 Å². The third kappa shape index (κ3) is 3.54. The molecule has 0 aromatic carbocycles. The highest BCUT2D eigenvalue weighted by atomic mass is 16.6.